The Morgan fingerprint density at radius 2 is 0.612 bits per heavy atom. The Morgan fingerprint density at radius 1 is 0.372 bits per heavy atom. The average Bonchev–Trinajstić information content (AvgIpc) is 1.59. The summed E-state index contributed by atoms with van der Waals surface area (Å²) in [5.41, 5.74) is 19.0. The van der Waals surface area contributed by atoms with Gasteiger partial charge >= 0.3 is 17.7 Å². The second-order valence-corrected chi connectivity index (χ2v) is 36.2. The maximum Gasteiger partial charge on any atom is 0.301 e. The number of aliphatic hydroxyl groups excluding tert-OH is 3. The molecule has 4 N–H and O–H groups in total. The standard InChI is InChI=1S/3C32H30N2O4S.C2H4O2/c3*1-16(2)20-6-8-21(9-7-20)28-26(29(35)22-10-11-24-23(15-22)14-19(5)38-24)30(36)31(37)34(28)32-33-27-18(4)12-17(3)13-25(27)39-32;1-2(3)4/h3*6-13,15-16,19,28,35H,14H2,1-5H3;1H3,(H,3,4)/b3*29-26+;. The van der Waals surface area contributed by atoms with Crippen LogP contribution in [0.1, 0.15) is 205 Å². The Morgan fingerprint density at radius 3 is 0.843 bits per heavy atom. The third-order valence-electron chi connectivity index (χ3n) is 22.7. The van der Waals surface area contributed by atoms with Gasteiger partial charge in [0.15, 0.2) is 15.4 Å². The van der Waals surface area contributed by atoms with Crippen LogP contribution in [-0.4, -0.2) is 94.7 Å². The van der Waals surface area contributed by atoms with E-state index >= 15 is 0 Å². The van der Waals surface area contributed by atoms with Crippen molar-refractivity contribution in [3.8, 4) is 17.2 Å². The van der Waals surface area contributed by atoms with Crippen LogP contribution in [0.15, 0.2) is 181 Å². The van der Waals surface area contributed by atoms with Gasteiger partial charge in [-0.05, 0) is 236 Å². The normalized spacial score (nSPS) is 19.7. The Kier molecular flexibility index (Phi) is 23.0. The summed E-state index contributed by atoms with van der Waals surface area (Å²) in [6.45, 7) is 31.8. The zero-order valence-corrected chi connectivity index (χ0v) is 72.6. The van der Waals surface area contributed by atoms with Crippen LogP contribution >= 0.6 is 34.0 Å². The van der Waals surface area contributed by atoms with Crippen molar-refractivity contribution in [2.45, 2.75) is 184 Å². The molecule has 6 aliphatic rings. The lowest BCUT2D eigenvalue weighted by Gasteiger charge is -2.23. The molecule has 3 aromatic heterocycles. The molecule has 6 unspecified atom stereocenters. The minimum absolute atomic E-state index is 0.0496. The van der Waals surface area contributed by atoms with Crippen LogP contribution in [0.25, 0.3) is 47.9 Å². The number of thiazole rings is 3. The van der Waals surface area contributed by atoms with Gasteiger partial charge in [-0.2, -0.15) is 0 Å². The fraction of sp³-hybridized carbons (Fsp3) is 0.286. The second-order valence-electron chi connectivity index (χ2n) is 33.1. The van der Waals surface area contributed by atoms with Crippen LogP contribution in [0.5, 0.6) is 17.2 Å². The SMILES string of the molecule is CC(=O)O.Cc1cc(C)c2nc(N3C(=O)C(=O)/C(=C(/O)c4ccc5c(c4)CC(C)O5)C3c3ccc(C(C)C)cc3)sc2c1.Cc1cc(C)c2nc(N3C(=O)C(=O)/C(=C(/O)c4ccc5c(c4)CC(C)O5)C3c3ccc(C(C)C)cc3)sc2c1.Cc1cc(C)c2nc(N3C(=O)C(=O)/C(=C(/O)c4ccc5c(c4)CC(C)O5)C3c3ccc(C(C)C)cc3)sc2c1. The second kappa shape index (κ2) is 33.3. The molecule has 0 saturated carbocycles. The molecule has 6 atom stereocenters. The molecule has 3 saturated heterocycles. The predicted octanol–water partition coefficient (Wildman–Crippen LogP) is 21.0. The summed E-state index contributed by atoms with van der Waals surface area (Å²) in [6, 6.07) is 49.8. The van der Waals surface area contributed by atoms with E-state index in [0.29, 0.717) is 49.8 Å². The van der Waals surface area contributed by atoms with Gasteiger partial charge in [0, 0.05) is 42.9 Å². The number of amides is 3. The van der Waals surface area contributed by atoms with Crippen molar-refractivity contribution in [2.75, 3.05) is 14.7 Å². The molecule has 0 bridgehead atoms. The molecule has 0 spiro atoms. The molecule has 121 heavy (non-hydrogen) atoms. The van der Waals surface area contributed by atoms with E-state index in [2.05, 4.69) is 59.7 Å². The number of benzene rings is 9. The molecule has 3 amide bonds. The molecule has 20 nitrogen and oxygen atoms in total. The topological polar surface area (TPSA) is 276 Å². The van der Waals surface area contributed by atoms with Crippen LogP contribution in [0, 0.1) is 41.5 Å². The highest BCUT2D eigenvalue weighted by Crippen LogP contribution is 2.51. The average molecular weight is 1680 g/mol. The van der Waals surface area contributed by atoms with E-state index in [1.54, 1.807) is 18.2 Å². The number of carboxylic acid groups (broad SMARTS) is 1. The Labute approximate surface area is 713 Å². The van der Waals surface area contributed by atoms with Gasteiger partial charge in [0.1, 0.15) is 52.8 Å². The fourth-order valence-corrected chi connectivity index (χ4v) is 20.3. The molecule has 0 radical (unpaired) electrons. The molecule has 9 heterocycles. The highest BCUT2D eigenvalue weighted by Gasteiger charge is 2.52. The minimum atomic E-state index is -0.833. The molecule has 3 fully saturated rings. The van der Waals surface area contributed by atoms with Crippen molar-refractivity contribution in [3.63, 3.8) is 0 Å². The smallest absolute Gasteiger partial charge is 0.301 e. The van der Waals surface area contributed by atoms with Crippen molar-refractivity contribution in [1.82, 2.24) is 15.0 Å². The number of anilines is 3. The van der Waals surface area contributed by atoms with Gasteiger partial charge in [0.2, 0.25) is 0 Å². The zero-order chi connectivity index (χ0) is 86.3. The highest BCUT2D eigenvalue weighted by atomic mass is 32.1. The first-order chi connectivity index (χ1) is 57.6. The number of Topliss-reactive ketones (excluding diaryl/α,β-unsaturated/α-hetero) is 3. The molecule has 0 aliphatic carbocycles. The Hall–Kier alpha value is -12.4. The summed E-state index contributed by atoms with van der Waals surface area (Å²) < 4.78 is 20.3. The van der Waals surface area contributed by atoms with Gasteiger partial charge < -0.3 is 34.6 Å². The van der Waals surface area contributed by atoms with E-state index in [1.807, 2.05) is 190 Å². The first kappa shape index (κ1) is 83.6. The number of aryl methyl sites for hydroxylation is 6. The number of aliphatic hydroxyl groups is 3. The summed E-state index contributed by atoms with van der Waals surface area (Å²) in [4.78, 5) is 110. The first-order valence-electron chi connectivity index (χ1n) is 40.5. The van der Waals surface area contributed by atoms with E-state index in [-0.39, 0.29) is 52.3 Å². The molecule has 18 rings (SSSR count). The van der Waals surface area contributed by atoms with Crippen molar-refractivity contribution >= 4 is 138 Å². The number of fused-ring (bicyclic) bond motifs is 6. The van der Waals surface area contributed by atoms with Crippen LogP contribution in [0.3, 0.4) is 0 Å². The Bertz CT molecular complexity index is 5760. The number of carboxylic acids is 1. The van der Waals surface area contributed by atoms with Gasteiger partial charge in [-0.15, -0.1) is 0 Å². The summed E-state index contributed by atoms with van der Waals surface area (Å²) in [5.74, 6) is -2.32. The fourth-order valence-electron chi connectivity index (χ4n) is 16.8. The van der Waals surface area contributed by atoms with E-state index in [9.17, 15) is 44.1 Å². The zero-order valence-electron chi connectivity index (χ0n) is 70.2. The first-order valence-corrected chi connectivity index (χ1v) is 43.0. The van der Waals surface area contributed by atoms with Crippen molar-refractivity contribution in [1.29, 1.82) is 0 Å². The lowest BCUT2D eigenvalue weighted by molar-refractivity contribution is -0.134. The third-order valence-corrected chi connectivity index (χ3v) is 25.7. The number of nitrogens with zero attached hydrogens (tertiary/aromatic N) is 6. The van der Waals surface area contributed by atoms with Crippen molar-refractivity contribution < 1.29 is 68.2 Å². The number of carbonyl (C=O) groups excluding carboxylic acids is 6. The Balaban J connectivity index is 0.000000138. The minimum Gasteiger partial charge on any atom is -0.507 e. The number of ketones is 3. The maximum atomic E-state index is 13.6. The lowest BCUT2D eigenvalue weighted by atomic mass is 9.93. The number of hydrogen-bond donors (Lipinski definition) is 4. The molecule has 9 aromatic carbocycles. The van der Waals surface area contributed by atoms with Crippen molar-refractivity contribution in [3.05, 3.63) is 281 Å². The predicted molar refractivity (Wildman–Crippen MR) is 477 cm³/mol. The largest absolute Gasteiger partial charge is 0.507 e. The van der Waals surface area contributed by atoms with Crippen LogP contribution in [-0.2, 0) is 52.8 Å². The number of aromatic nitrogens is 3. The number of carbonyl (C=O) groups is 7. The van der Waals surface area contributed by atoms with Crippen LogP contribution in [0.2, 0.25) is 0 Å². The number of aliphatic carboxylic acids is 1. The highest BCUT2D eigenvalue weighted by molar-refractivity contribution is 7.23. The van der Waals surface area contributed by atoms with Gasteiger partial charge in [-0.25, -0.2) is 15.0 Å². The van der Waals surface area contributed by atoms with Gasteiger partial charge in [0.25, 0.3) is 23.3 Å². The molecule has 6 aliphatic heterocycles. The number of rotatable bonds is 12. The van der Waals surface area contributed by atoms with Crippen molar-refractivity contribution in [2.24, 2.45) is 0 Å². The lowest BCUT2D eigenvalue weighted by Crippen LogP contribution is -2.29. The number of ether oxygens (including phenoxy) is 3. The summed E-state index contributed by atoms with van der Waals surface area (Å²) in [6.07, 6.45) is 2.30. The molecule has 618 valence electrons. The maximum absolute atomic E-state index is 13.6. The van der Waals surface area contributed by atoms with E-state index in [1.165, 1.54) is 48.7 Å². The summed E-state index contributed by atoms with van der Waals surface area (Å²) in [7, 11) is 0. The molecule has 12 aromatic rings. The molecular formula is C98H94N6O14S3. The quantitative estimate of drug-likeness (QED) is 0.0502. The monoisotopic (exact) mass is 1670 g/mol. The van der Waals surface area contributed by atoms with Crippen LogP contribution < -0.4 is 28.9 Å². The summed E-state index contributed by atoms with van der Waals surface area (Å²) >= 11 is 4.15. The van der Waals surface area contributed by atoms with Gasteiger partial charge in [0.05, 0.1) is 65.5 Å². The number of hydrogen-bond acceptors (Lipinski definition) is 19. The van der Waals surface area contributed by atoms with Gasteiger partial charge in [-0.1, -0.05) is 167 Å². The summed E-state index contributed by atoms with van der Waals surface area (Å²) in [5, 5.41) is 43.5. The van der Waals surface area contributed by atoms with E-state index in [4.69, 9.17) is 39.1 Å². The molecular weight excluding hydrogens is 1580 g/mol. The van der Waals surface area contributed by atoms with Gasteiger partial charge in [-0.3, -0.25) is 48.3 Å². The van der Waals surface area contributed by atoms with Crippen LogP contribution in [0.4, 0.5) is 15.4 Å². The third kappa shape index (κ3) is 16.1. The van der Waals surface area contributed by atoms with E-state index in [0.717, 1.165) is 158 Å². The van der Waals surface area contributed by atoms with E-state index < -0.39 is 59.2 Å². The molecule has 23 heteroatoms.